The number of amides is 1. The van der Waals surface area contributed by atoms with Gasteiger partial charge in [0.05, 0.1) is 6.42 Å². The van der Waals surface area contributed by atoms with Crippen LogP contribution in [0.4, 0.5) is 0 Å². The molecule has 2 aromatic rings. The number of hydrogen-bond acceptors (Lipinski definition) is 3. The predicted octanol–water partition coefficient (Wildman–Crippen LogP) is 2.89. The van der Waals surface area contributed by atoms with Crippen molar-refractivity contribution in [2.45, 2.75) is 31.1 Å². The van der Waals surface area contributed by atoms with Crippen molar-refractivity contribution in [2.75, 3.05) is 6.54 Å². The lowest BCUT2D eigenvalue weighted by Crippen LogP contribution is -2.32. The molecule has 20 heavy (non-hydrogen) atoms. The van der Waals surface area contributed by atoms with Gasteiger partial charge in [-0.25, -0.2) is 0 Å². The lowest BCUT2D eigenvalue weighted by atomic mass is 10.1. The number of nitrogens with one attached hydrogen (secondary N) is 1. The Balaban J connectivity index is 1.58. The third-order valence-electron chi connectivity index (χ3n) is 3.91. The molecule has 1 aromatic heterocycles. The van der Waals surface area contributed by atoms with E-state index in [2.05, 4.69) is 10.5 Å². The summed E-state index contributed by atoms with van der Waals surface area (Å²) in [5.41, 5.74) is 1.40. The van der Waals surface area contributed by atoms with Crippen LogP contribution in [0.1, 0.15) is 25.0 Å². The predicted molar refractivity (Wildman–Crippen MR) is 77.7 cm³/mol. The molecule has 1 aliphatic rings. The number of nitrogens with zero attached hydrogens (tertiary/aromatic N) is 1. The fourth-order valence-corrected chi connectivity index (χ4v) is 3.12. The lowest BCUT2D eigenvalue weighted by molar-refractivity contribution is -0.120. The van der Waals surface area contributed by atoms with Crippen LogP contribution in [0.2, 0.25) is 0 Å². The van der Waals surface area contributed by atoms with Crippen molar-refractivity contribution in [3.8, 4) is 0 Å². The summed E-state index contributed by atoms with van der Waals surface area (Å²) in [6, 6.07) is 7.57. The second-order valence-electron chi connectivity index (χ2n) is 5.31. The summed E-state index contributed by atoms with van der Waals surface area (Å²) in [4.78, 5) is 12.0. The molecule has 1 saturated carbocycles. The molecule has 1 amide bonds. The van der Waals surface area contributed by atoms with Crippen LogP contribution in [0.5, 0.6) is 0 Å². The van der Waals surface area contributed by atoms with Gasteiger partial charge in [0.25, 0.3) is 0 Å². The summed E-state index contributed by atoms with van der Waals surface area (Å²) in [6.45, 7) is 0.656. The first kappa shape index (κ1) is 13.4. The first-order chi connectivity index (χ1) is 9.74. The highest BCUT2D eigenvalue weighted by atomic mass is 35.5. The van der Waals surface area contributed by atoms with E-state index in [1.54, 1.807) is 0 Å². The Labute approximate surface area is 122 Å². The van der Waals surface area contributed by atoms with Crippen LogP contribution in [0.15, 0.2) is 28.8 Å². The number of carbonyl (C=O) groups is 1. The van der Waals surface area contributed by atoms with Crippen molar-refractivity contribution in [1.29, 1.82) is 0 Å². The smallest absolute Gasteiger partial charge is 0.226 e. The molecule has 0 saturated heterocycles. The van der Waals surface area contributed by atoms with Crippen LogP contribution in [-0.4, -0.2) is 23.0 Å². The Hall–Kier alpha value is -1.55. The average Bonchev–Trinajstić information content (AvgIpc) is 3.04. The molecule has 4 nitrogen and oxygen atoms in total. The van der Waals surface area contributed by atoms with Gasteiger partial charge in [-0.2, -0.15) is 0 Å². The van der Waals surface area contributed by atoms with E-state index in [0.29, 0.717) is 23.7 Å². The van der Waals surface area contributed by atoms with E-state index in [9.17, 15) is 4.79 Å². The third-order valence-corrected chi connectivity index (χ3v) is 4.48. The highest BCUT2D eigenvalue weighted by Gasteiger charge is 2.25. The van der Waals surface area contributed by atoms with Gasteiger partial charge in [-0.1, -0.05) is 23.7 Å². The van der Waals surface area contributed by atoms with E-state index in [1.165, 1.54) is 0 Å². The summed E-state index contributed by atoms with van der Waals surface area (Å²) in [6.07, 6.45) is 3.55. The maximum atomic E-state index is 12.0. The van der Waals surface area contributed by atoms with E-state index in [4.69, 9.17) is 16.1 Å². The number of para-hydroxylation sites is 1. The molecule has 1 fully saturated rings. The van der Waals surface area contributed by atoms with Crippen LogP contribution in [0, 0.1) is 5.92 Å². The number of carbonyl (C=O) groups excluding carboxylic acids is 1. The molecule has 1 aromatic carbocycles. The monoisotopic (exact) mass is 292 g/mol. The Bertz CT molecular complexity index is 611. The highest BCUT2D eigenvalue weighted by Crippen LogP contribution is 2.29. The molecule has 1 aliphatic carbocycles. The molecule has 1 N–H and O–H groups in total. The van der Waals surface area contributed by atoms with E-state index in [0.717, 1.165) is 24.6 Å². The molecule has 3 rings (SSSR count). The maximum absolute atomic E-state index is 12.0. The average molecular weight is 293 g/mol. The standard InChI is InChI=1S/C15H17ClN2O2/c16-12-6-3-4-10(12)9-17-15(19)8-13-11-5-1-2-7-14(11)20-18-13/h1-2,5,7,10,12H,3-4,6,8-9H2,(H,17,19). The van der Waals surface area contributed by atoms with E-state index in [-0.39, 0.29) is 17.7 Å². The zero-order valence-electron chi connectivity index (χ0n) is 11.1. The van der Waals surface area contributed by atoms with Crippen molar-refractivity contribution in [1.82, 2.24) is 10.5 Å². The Morgan fingerprint density at radius 3 is 3.05 bits per heavy atom. The molecule has 0 aliphatic heterocycles. The minimum atomic E-state index is -0.0279. The molecule has 0 radical (unpaired) electrons. The number of aromatic nitrogens is 1. The second-order valence-corrected chi connectivity index (χ2v) is 5.87. The Morgan fingerprint density at radius 2 is 2.25 bits per heavy atom. The van der Waals surface area contributed by atoms with Crippen LogP contribution in [0.3, 0.4) is 0 Å². The van der Waals surface area contributed by atoms with Crippen molar-refractivity contribution in [3.63, 3.8) is 0 Å². The SMILES string of the molecule is O=C(Cc1noc2ccccc12)NCC1CCCC1Cl. The van der Waals surface area contributed by atoms with Gasteiger partial charge in [0.2, 0.25) is 5.91 Å². The molecular formula is C15H17ClN2O2. The van der Waals surface area contributed by atoms with Gasteiger partial charge < -0.3 is 9.84 Å². The fraction of sp³-hybridized carbons (Fsp3) is 0.467. The van der Waals surface area contributed by atoms with Crippen LogP contribution >= 0.6 is 11.6 Å². The molecule has 0 bridgehead atoms. The van der Waals surface area contributed by atoms with Gasteiger partial charge in [0.15, 0.2) is 5.58 Å². The molecule has 2 unspecified atom stereocenters. The van der Waals surface area contributed by atoms with Crippen LogP contribution in [0.25, 0.3) is 11.0 Å². The van der Waals surface area contributed by atoms with Crippen molar-refractivity contribution < 1.29 is 9.32 Å². The van der Waals surface area contributed by atoms with E-state index in [1.807, 2.05) is 24.3 Å². The van der Waals surface area contributed by atoms with Crippen molar-refractivity contribution >= 4 is 28.5 Å². The van der Waals surface area contributed by atoms with Gasteiger partial charge in [0, 0.05) is 17.3 Å². The van der Waals surface area contributed by atoms with Crippen LogP contribution in [-0.2, 0) is 11.2 Å². The third kappa shape index (κ3) is 2.80. The Kier molecular flexibility index (Phi) is 3.92. The largest absolute Gasteiger partial charge is 0.356 e. The van der Waals surface area contributed by atoms with Crippen molar-refractivity contribution in [3.05, 3.63) is 30.0 Å². The minimum Gasteiger partial charge on any atom is -0.356 e. The molecule has 1 heterocycles. The lowest BCUT2D eigenvalue weighted by Gasteiger charge is -2.14. The minimum absolute atomic E-state index is 0.0279. The molecule has 5 heteroatoms. The topological polar surface area (TPSA) is 55.1 Å². The maximum Gasteiger partial charge on any atom is 0.226 e. The van der Waals surface area contributed by atoms with Crippen LogP contribution < -0.4 is 5.32 Å². The van der Waals surface area contributed by atoms with Gasteiger partial charge in [-0.15, -0.1) is 11.6 Å². The zero-order valence-corrected chi connectivity index (χ0v) is 11.9. The summed E-state index contributed by atoms with van der Waals surface area (Å²) >= 11 is 6.20. The molecular weight excluding hydrogens is 276 g/mol. The molecule has 106 valence electrons. The second kappa shape index (κ2) is 5.83. The highest BCUT2D eigenvalue weighted by molar-refractivity contribution is 6.21. The van der Waals surface area contributed by atoms with E-state index < -0.39 is 0 Å². The Morgan fingerprint density at radius 1 is 1.40 bits per heavy atom. The van der Waals surface area contributed by atoms with E-state index >= 15 is 0 Å². The number of fused-ring (bicyclic) bond motifs is 1. The van der Waals surface area contributed by atoms with Crippen molar-refractivity contribution in [2.24, 2.45) is 5.92 Å². The zero-order chi connectivity index (χ0) is 13.9. The number of benzene rings is 1. The number of hydrogen-bond donors (Lipinski definition) is 1. The van der Waals surface area contributed by atoms with Gasteiger partial charge in [-0.3, -0.25) is 4.79 Å². The number of rotatable bonds is 4. The molecule has 0 spiro atoms. The van der Waals surface area contributed by atoms with Gasteiger partial charge in [0.1, 0.15) is 5.69 Å². The summed E-state index contributed by atoms with van der Waals surface area (Å²) in [5.74, 6) is 0.370. The quantitative estimate of drug-likeness (QED) is 0.882. The number of halogens is 1. The van der Waals surface area contributed by atoms with Gasteiger partial charge in [-0.05, 0) is 30.9 Å². The van der Waals surface area contributed by atoms with Gasteiger partial charge >= 0.3 is 0 Å². The summed E-state index contributed by atoms with van der Waals surface area (Å²) < 4.78 is 5.19. The first-order valence-electron chi connectivity index (χ1n) is 6.98. The fourth-order valence-electron chi connectivity index (χ4n) is 2.75. The molecule has 2 atom stereocenters. The summed E-state index contributed by atoms with van der Waals surface area (Å²) in [5, 5.41) is 8.02. The first-order valence-corrected chi connectivity index (χ1v) is 7.42. The number of alkyl halides is 1. The summed E-state index contributed by atoms with van der Waals surface area (Å²) in [7, 11) is 0. The normalized spacial score (nSPS) is 22.2.